The van der Waals surface area contributed by atoms with E-state index in [2.05, 4.69) is 4.98 Å². The van der Waals surface area contributed by atoms with Crippen LogP contribution in [0.5, 0.6) is 5.75 Å². The zero-order valence-corrected chi connectivity index (χ0v) is 14.4. The lowest BCUT2D eigenvalue weighted by molar-refractivity contribution is 0.00591. The molecule has 3 heterocycles. The smallest absolute Gasteiger partial charge is 0.244 e. The minimum absolute atomic E-state index is 0.0606. The number of sulfonamides is 1. The van der Waals surface area contributed by atoms with Gasteiger partial charge in [0.1, 0.15) is 16.2 Å². The average molecular weight is 358 g/mol. The largest absolute Gasteiger partial charge is 0.486 e. The Kier molecular flexibility index (Phi) is 3.85. The van der Waals surface area contributed by atoms with E-state index in [1.807, 2.05) is 12.1 Å². The molecule has 0 saturated carbocycles. The first-order valence-electron chi connectivity index (χ1n) is 8.22. The molecule has 1 spiro atoms. The van der Waals surface area contributed by atoms with Crippen molar-refractivity contribution in [2.45, 2.75) is 29.8 Å². The van der Waals surface area contributed by atoms with Gasteiger partial charge in [-0.25, -0.2) is 8.42 Å². The first kappa shape index (κ1) is 16.2. The Morgan fingerprint density at radius 2 is 1.84 bits per heavy atom. The zero-order chi connectivity index (χ0) is 17.5. The number of ether oxygens (including phenoxy) is 1. The maximum atomic E-state index is 12.7. The summed E-state index contributed by atoms with van der Waals surface area (Å²) >= 11 is 0. The van der Waals surface area contributed by atoms with E-state index in [9.17, 15) is 13.2 Å². The summed E-state index contributed by atoms with van der Waals surface area (Å²) in [6, 6.07) is 10.4. The van der Waals surface area contributed by atoms with Gasteiger partial charge >= 0.3 is 0 Å². The lowest BCUT2D eigenvalue weighted by Crippen LogP contribution is -2.52. The number of fused-ring (bicyclic) bond motifs is 1. The Bertz CT molecular complexity index is 904. The maximum absolute atomic E-state index is 12.7. The third kappa shape index (κ3) is 2.83. The van der Waals surface area contributed by atoms with Crippen molar-refractivity contribution in [1.29, 1.82) is 0 Å². The summed E-state index contributed by atoms with van der Waals surface area (Å²) in [4.78, 5) is 16.5. The Morgan fingerprint density at radius 1 is 1.08 bits per heavy atom. The van der Waals surface area contributed by atoms with E-state index in [-0.39, 0.29) is 10.7 Å². The number of hydrogen-bond acceptors (Lipinski definition) is 5. The molecule has 2 aliphatic heterocycles. The summed E-state index contributed by atoms with van der Waals surface area (Å²) in [6.07, 6.45) is 4.18. The molecule has 0 radical (unpaired) electrons. The lowest BCUT2D eigenvalue weighted by atomic mass is 9.83. The van der Waals surface area contributed by atoms with Gasteiger partial charge in [-0.1, -0.05) is 12.1 Å². The molecule has 130 valence electrons. The molecular weight excluding hydrogens is 340 g/mol. The number of aromatic nitrogens is 1. The van der Waals surface area contributed by atoms with E-state index in [1.165, 1.54) is 10.5 Å². The fraction of sp³-hybridized carbons (Fsp3) is 0.333. The number of piperidine rings is 1. The third-order valence-electron chi connectivity index (χ3n) is 4.90. The summed E-state index contributed by atoms with van der Waals surface area (Å²) < 4.78 is 33.0. The standard InChI is InChI=1S/C18H18N2O4S/c21-16-12-18(24-17-6-2-1-5-15(16)17)7-10-20(11-8-18)25(22,23)14-4-3-9-19-13-14/h1-6,9,13H,7-8,10-12H2. The Hall–Kier alpha value is -2.25. The predicted octanol–water partition coefficient (Wildman–Crippen LogP) is 2.27. The zero-order valence-electron chi connectivity index (χ0n) is 13.6. The van der Waals surface area contributed by atoms with Gasteiger partial charge in [0.15, 0.2) is 5.78 Å². The van der Waals surface area contributed by atoms with Crippen molar-refractivity contribution in [3.63, 3.8) is 0 Å². The van der Waals surface area contributed by atoms with Gasteiger partial charge in [0.05, 0.1) is 12.0 Å². The number of nitrogens with zero attached hydrogens (tertiary/aromatic N) is 2. The molecule has 6 nitrogen and oxygen atoms in total. The van der Waals surface area contributed by atoms with Gasteiger partial charge in [0.25, 0.3) is 0 Å². The normalized spacial score (nSPS) is 20.1. The molecule has 25 heavy (non-hydrogen) atoms. The van der Waals surface area contributed by atoms with Crippen LogP contribution in [0.3, 0.4) is 0 Å². The van der Waals surface area contributed by atoms with Gasteiger partial charge in [0.2, 0.25) is 10.0 Å². The minimum Gasteiger partial charge on any atom is -0.486 e. The van der Waals surface area contributed by atoms with Crippen molar-refractivity contribution in [2.24, 2.45) is 0 Å². The number of pyridine rings is 1. The van der Waals surface area contributed by atoms with Crippen molar-refractivity contribution in [1.82, 2.24) is 9.29 Å². The molecule has 4 rings (SSSR count). The van der Waals surface area contributed by atoms with Crippen LogP contribution in [0, 0.1) is 0 Å². The molecular formula is C18H18N2O4S. The van der Waals surface area contributed by atoms with Crippen molar-refractivity contribution in [2.75, 3.05) is 13.1 Å². The first-order chi connectivity index (χ1) is 12.0. The Morgan fingerprint density at radius 3 is 2.56 bits per heavy atom. The Balaban J connectivity index is 1.54. The number of Topliss-reactive ketones (excluding diaryl/α,β-unsaturated/α-hetero) is 1. The summed E-state index contributed by atoms with van der Waals surface area (Å²) in [5, 5.41) is 0. The van der Waals surface area contributed by atoms with Gasteiger partial charge in [-0.15, -0.1) is 0 Å². The molecule has 0 N–H and O–H groups in total. The van der Waals surface area contributed by atoms with Crippen LogP contribution in [0.2, 0.25) is 0 Å². The molecule has 2 aliphatic rings. The van der Waals surface area contributed by atoms with Crippen LogP contribution < -0.4 is 4.74 Å². The third-order valence-corrected chi connectivity index (χ3v) is 6.78. The van der Waals surface area contributed by atoms with E-state index in [0.29, 0.717) is 43.7 Å². The fourth-order valence-electron chi connectivity index (χ4n) is 3.50. The highest BCUT2D eigenvalue weighted by atomic mass is 32.2. The van der Waals surface area contributed by atoms with Gasteiger partial charge < -0.3 is 4.74 Å². The van der Waals surface area contributed by atoms with Crippen LogP contribution in [-0.4, -0.2) is 42.2 Å². The number of rotatable bonds is 2. The summed E-state index contributed by atoms with van der Waals surface area (Å²) in [5.74, 6) is 0.660. The number of carbonyl (C=O) groups is 1. The number of carbonyl (C=O) groups excluding carboxylic acids is 1. The number of para-hydroxylation sites is 1. The summed E-state index contributed by atoms with van der Waals surface area (Å²) in [6.45, 7) is 0.652. The van der Waals surface area contributed by atoms with Gasteiger partial charge in [-0.2, -0.15) is 4.31 Å². The highest BCUT2D eigenvalue weighted by molar-refractivity contribution is 7.89. The number of benzene rings is 1. The Labute approximate surface area is 146 Å². The fourth-order valence-corrected chi connectivity index (χ4v) is 4.91. The van der Waals surface area contributed by atoms with Crippen LogP contribution in [-0.2, 0) is 10.0 Å². The first-order valence-corrected chi connectivity index (χ1v) is 9.66. The van der Waals surface area contributed by atoms with Crippen LogP contribution in [0.4, 0.5) is 0 Å². The number of hydrogen-bond donors (Lipinski definition) is 0. The van der Waals surface area contributed by atoms with E-state index in [4.69, 9.17) is 4.74 Å². The van der Waals surface area contributed by atoms with Crippen LogP contribution in [0.15, 0.2) is 53.7 Å². The van der Waals surface area contributed by atoms with Crippen LogP contribution in [0.25, 0.3) is 0 Å². The molecule has 1 saturated heterocycles. The summed E-state index contributed by atoms with van der Waals surface area (Å²) in [7, 11) is -3.56. The monoisotopic (exact) mass is 358 g/mol. The molecule has 2 aromatic rings. The highest BCUT2D eigenvalue weighted by Gasteiger charge is 2.44. The second kappa shape index (κ2) is 5.93. The maximum Gasteiger partial charge on any atom is 0.244 e. The van der Waals surface area contributed by atoms with Crippen LogP contribution >= 0.6 is 0 Å². The second-order valence-electron chi connectivity index (χ2n) is 6.47. The SMILES string of the molecule is O=C1CC2(CCN(S(=O)(=O)c3cccnc3)CC2)Oc2ccccc21. The molecule has 0 unspecified atom stereocenters. The van der Waals surface area contributed by atoms with Gasteiger partial charge in [-0.3, -0.25) is 9.78 Å². The van der Waals surface area contributed by atoms with E-state index in [0.717, 1.165) is 0 Å². The predicted molar refractivity (Wildman–Crippen MR) is 91.0 cm³/mol. The molecule has 0 amide bonds. The van der Waals surface area contributed by atoms with Gasteiger partial charge in [0, 0.05) is 38.3 Å². The van der Waals surface area contributed by atoms with Gasteiger partial charge in [-0.05, 0) is 24.3 Å². The van der Waals surface area contributed by atoms with E-state index < -0.39 is 15.6 Å². The molecule has 1 aromatic carbocycles. The molecule has 7 heteroatoms. The van der Waals surface area contributed by atoms with Crippen molar-refractivity contribution in [3.05, 3.63) is 54.4 Å². The molecule has 0 bridgehead atoms. The molecule has 0 atom stereocenters. The summed E-state index contributed by atoms with van der Waals surface area (Å²) in [5.41, 5.74) is 0.00499. The minimum atomic E-state index is -3.56. The van der Waals surface area contributed by atoms with Crippen LogP contribution in [0.1, 0.15) is 29.6 Å². The molecule has 1 fully saturated rings. The van der Waals surface area contributed by atoms with Crippen molar-refractivity contribution >= 4 is 15.8 Å². The number of ketones is 1. The lowest BCUT2D eigenvalue weighted by Gasteiger charge is -2.43. The average Bonchev–Trinajstić information content (AvgIpc) is 2.63. The topological polar surface area (TPSA) is 76.6 Å². The van der Waals surface area contributed by atoms with Crippen molar-refractivity contribution < 1.29 is 17.9 Å². The van der Waals surface area contributed by atoms with E-state index >= 15 is 0 Å². The van der Waals surface area contributed by atoms with Crippen molar-refractivity contribution in [3.8, 4) is 5.75 Å². The molecule has 1 aromatic heterocycles. The highest BCUT2D eigenvalue weighted by Crippen LogP contribution is 2.39. The quantitative estimate of drug-likeness (QED) is 0.823. The molecule has 0 aliphatic carbocycles. The van der Waals surface area contributed by atoms with E-state index in [1.54, 1.807) is 30.5 Å². The second-order valence-corrected chi connectivity index (χ2v) is 8.41.